The fourth-order valence-electron chi connectivity index (χ4n) is 2.38. The third-order valence-corrected chi connectivity index (χ3v) is 3.56. The van der Waals surface area contributed by atoms with Crippen LogP contribution in [0.2, 0.25) is 0 Å². The van der Waals surface area contributed by atoms with Crippen molar-refractivity contribution in [2.75, 3.05) is 18.0 Å². The van der Waals surface area contributed by atoms with Gasteiger partial charge in [-0.2, -0.15) is 0 Å². The number of hydrogen-bond donors (Lipinski definition) is 1. The molecule has 2 heterocycles. The van der Waals surface area contributed by atoms with E-state index in [1.54, 1.807) is 12.5 Å². The highest BCUT2D eigenvalue weighted by atomic mass is 16.6. The lowest BCUT2D eigenvalue weighted by molar-refractivity contribution is 0.0448. The average molecular weight is 292 g/mol. The van der Waals surface area contributed by atoms with Crippen LogP contribution in [0.15, 0.2) is 18.6 Å². The van der Waals surface area contributed by atoms with Crippen LogP contribution in [0.4, 0.5) is 10.6 Å². The summed E-state index contributed by atoms with van der Waals surface area (Å²) >= 11 is 0. The summed E-state index contributed by atoms with van der Waals surface area (Å²) in [7, 11) is 0. The zero-order valence-corrected chi connectivity index (χ0v) is 13.2. The fraction of sp³-hybridized carbons (Fsp3) is 0.667. The minimum absolute atomic E-state index is 0.230. The number of rotatable bonds is 2. The molecular formula is C15H24N4O2. The van der Waals surface area contributed by atoms with E-state index in [9.17, 15) is 4.79 Å². The first-order chi connectivity index (χ1) is 9.77. The molecule has 0 aromatic carbocycles. The number of piperidine rings is 1. The van der Waals surface area contributed by atoms with Gasteiger partial charge in [0.25, 0.3) is 0 Å². The Morgan fingerprint density at radius 3 is 2.57 bits per heavy atom. The molecule has 1 aliphatic rings. The average Bonchev–Trinajstić information content (AvgIpc) is 2.37. The van der Waals surface area contributed by atoms with E-state index in [0.717, 1.165) is 31.7 Å². The minimum Gasteiger partial charge on any atom is -0.444 e. The molecule has 21 heavy (non-hydrogen) atoms. The topological polar surface area (TPSA) is 67.3 Å². The van der Waals surface area contributed by atoms with E-state index in [4.69, 9.17) is 4.74 Å². The summed E-state index contributed by atoms with van der Waals surface area (Å²) in [6.07, 6.45) is 4.67. The molecule has 0 bridgehead atoms. The summed E-state index contributed by atoms with van der Waals surface area (Å²) in [5, 5.41) is 3.00. The number of carbonyl (C=O) groups is 1. The monoisotopic (exact) mass is 292 g/mol. The first-order valence-corrected chi connectivity index (χ1v) is 7.30. The Bertz CT molecular complexity index is 476. The van der Waals surface area contributed by atoms with Crippen LogP contribution < -0.4 is 10.2 Å². The molecule has 1 aliphatic heterocycles. The Kier molecular flexibility index (Phi) is 4.34. The van der Waals surface area contributed by atoms with Gasteiger partial charge in [-0.05, 0) is 46.6 Å². The third-order valence-electron chi connectivity index (χ3n) is 3.56. The molecule has 6 heteroatoms. The predicted octanol–water partition coefficient (Wildman–Crippen LogP) is 2.36. The van der Waals surface area contributed by atoms with Crippen molar-refractivity contribution >= 4 is 11.9 Å². The fourth-order valence-corrected chi connectivity index (χ4v) is 2.38. The summed E-state index contributed by atoms with van der Waals surface area (Å²) in [5.74, 6) is 0.935. The van der Waals surface area contributed by atoms with Crippen LogP contribution in [0.25, 0.3) is 0 Å². The van der Waals surface area contributed by atoms with Gasteiger partial charge in [-0.15, -0.1) is 0 Å². The quantitative estimate of drug-likeness (QED) is 0.906. The summed E-state index contributed by atoms with van der Waals surface area (Å²) in [5.41, 5.74) is -0.700. The molecule has 1 saturated heterocycles. The molecule has 0 unspecified atom stereocenters. The molecule has 1 aromatic rings. The van der Waals surface area contributed by atoms with Gasteiger partial charge in [-0.25, -0.2) is 14.8 Å². The lowest BCUT2D eigenvalue weighted by Gasteiger charge is -2.40. The second-order valence-corrected chi connectivity index (χ2v) is 6.74. The maximum Gasteiger partial charge on any atom is 0.408 e. The maximum absolute atomic E-state index is 11.9. The zero-order valence-electron chi connectivity index (χ0n) is 13.2. The van der Waals surface area contributed by atoms with Gasteiger partial charge in [0.15, 0.2) is 0 Å². The van der Waals surface area contributed by atoms with Crippen molar-refractivity contribution in [1.82, 2.24) is 15.3 Å². The van der Waals surface area contributed by atoms with E-state index in [2.05, 4.69) is 27.1 Å². The molecule has 2 rings (SSSR count). The van der Waals surface area contributed by atoms with Gasteiger partial charge in [0.1, 0.15) is 17.7 Å². The number of amides is 1. The highest BCUT2D eigenvalue weighted by molar-refractivity contribution is 5.68. The standard InChI is InChI=1S/C15H24N4O2/c1-14(2,3)21-13(20)18-15(4)6-9-19(10-7-15)12-5-8-16-11-17-12/h5,8,11H,6-7,9-10H2,1-4H3,(H,18,20). The van der Waals surface area contributed by atoms with Crippen LogP contribution in [-0.4, -0.2) is 40.3 Å². The van der Waals surface area contributed by atoms with Crippen LogP contribution >= 0.6 is 0 Å². The van der Waals surface area contributed by atoms with Crippen molar-refractivity contribution in [3.05, 3.63) is 18.6 Å². The van der Waals surface area contributed by atoms with Gasteiger partial charge >= 0.3 is 6.09 Å². The molecule has 1 fully saturated rings. The zero-order chi connectivity index (χ0) is 15.5. The summed E-state index contributed by atoms with van der Waals surface area (Å²) in [6, 6.07) is 1.91. The Hall–Kier alpha value is -1.85. The van der Waals surface area contributed by atoms with Crippen molar-refractivity contribution in [3.8, 4) is 0 Å². The number of anilines is 1. The number of nitrogens with one attached hydrogen (secondary N) is 1. The van der Waals surface area contributed by atoms with E-state index in [0.29, 0.717) is 0 Å². The molecule has 116 valence electrons. The molecule has 1 N–H and O–H groups in total. The lowest BCUT2D eigenvalue weighted by atomic mass is 9.90. The highest BCUT2D eigenvalue weighted by Crippen LogP contribution is 2.25. The van der Waals surface area contributed by atoms with Crippen molar-refractivity contribution in [1.29, 1.82) is 0 Å². The van der Waals surface area contributed by atoms with Gasteiger partial charge in [0.2, 0.25) is 0 Å². The predicted molar refractivity (Wildman–Crippen MR) is 81.3 cm³/mol. The van der Waals surface area contributed by atoms with Gasteiger partial charge in [-0.1, -0.05) is 0 Å². The van der Waals surface area contributed by atoms with E-state index in [1.807, 2.05) is 26.8 Å². The largest absolute Gasteiger partial charge is 0.444 e. The Morgan fingerprint density at radius 2 is 2.05 bits per heavy atom. The summed E-state index contributed by atoms with van der Waals surface area (Å²) < 4.78 is 5.33. The number of hydrogen-bond acceptors (Lipinski definition) is 5. The Balaban J connectivity index is 1.89. The number of ether oxygens (including phenoxy) is 1. The minimum atomic E-state index is -0.470. The number of alkyl carbamates (subject to hydrolysis) is 1. The molecule has 1 aromatic heterocycles. The third kappa shape index (κ3) is 4.58. The molecule has 0 atom stereocenters. The maximum atomic E-state index is 11.9. The number of carbonyl (C=O) groups excluding carboxylic acids is 1. The van der Waals surface area contributed by atoms with Crippen molar-refractivity contribution < 1.29 is 9.53 Å². The van der Waals surface area contributed by atoms with Gasteiger partial charge in [-0.3, -0.25) is 0 Å². The Labute approximate surface area is 125 Å². The molecule has 0 saturated carbocycles. The van der Waals surface area contributed by atoms with Crippen LogP contribution in [0.1, 0.15) is 40.5 Å². The van der Waals surface area contributed by atoms with Crippen molar-refractivity contribution in [3.63, 3.8) is 0 Å². The highest BCUT2D eigenvalue weighted by Gasteiger charge is 2.33. The summed E-state index contributed by atoms with van der Waals surface area (Å²) in [4.78, 5) is 22.3. The molecule has 0 aliphatic carbocycles. The van der Waals surface area contributed by atoms with Crippen molar-refractivity contribution in [2.24, 2.45) is 0 Å². The van der Waals surface area contributed by atoms with Gasteiger partial charge < -0.3 is 15.0 Å². The lowest BCUT2D eigenvalue weighted by Crippen LogP contribution is -2.54. The second kappa shape index (κ2) is 5.87. The molecule has 6 nitrogen and oxygen atoms in total. The van der Waals surface area contributed by atoms with Crippen LogP contribution in [0, 0.1) is 0 Å². The van der Waals surface area contributed by atoms with E-state index >= 15 is 0 Å². The first kappa shape index (κ1) is 15.5. The number of aromatic nitrogens is 2. The first-order valence-electron chi connectivity index (χ1n) is 7.30. The van der Waals surface area contributed by atoms with Crippen LogP contribution in [0.3, 0.4) is 0 Å². The smallest absolute Gasteiger partial charge is 0.408 e. The van der Waals surface area contributed by atoms with E-state index < -0.39 is 5.60 Å². The van der Waals surface area contributed by atoms with Crippen molar-refractivity contribution in [2.45, 2.75) is 51.7 Å². The number of nitrogens with zero attached hydrogens (tertiary/aromatic N) is 3. The van der Waals surface area contributed by atoms with Gasteiger partial charge in [0.05, 0.1) is 0 Å². The van der Waals surface area contributed by atoms with E-state index in [1.165, 1.54) is 0 Å². The normalized spacial score (nSPS) is 18.2. The molecular weight excluding hydrogens is 268 g/mol. The van der Waals surface area contributed by atoms with Gasteiger partial charge in [0, 0.05) is 24.8 Å². The molecule has 0 spiro atoms. The molecule has 0 radical (unpaired) electrons. The molecule has 1 amide bonds. The van der Waals surface area contributed by atoms with Crippen LogP contribution in [0.5, 0.6) is 0 Å². The second-order valence-electron chi connectivity index (χ2n) is 6.74. The van der Waals surface area contributed by atoms with E-state index in [-0.39, 0.29) is 11.6 Å². The Morgan fingerprint density at radius 1 is 1.38 bits per heavy atom. The summed E-state index contributed by atoms with van der Waals surface area (Å²) in [6.45, 7) is 9.37. The SMILES string of the molecule is CC1(NC(=O)OC(C)(C)C)CCN(c2ccncn2)CC1. The van der Waals surface area contributed by atoms with Crippen LogP contribution in [-0.2, 0) is 4.74 Å².